The number of amides is 2. The lowest BCUT2D eigenvalue weighted by molar-refractivity contribution is -0.126. The van der Waals surface area contributed by atoms with Crippen LogP contribution in [0.5, 0.6) is 5.75 Å². The molecule has 13 heteroatoms. The Kier molecular flexibility index (Phi) is 8.04. The summed E-state index contributed by atoms with van der Waals surface area (Å²) in [4.78, 5) is 41.6. The van der Waals surface area contributed by atoms with Crippen molar-refractivity contribution in [3.05, 3.63) is 94.4 Å². The van der Waals surface area contributed by atoms with Gasteiger partial charge in [-0.1, -0.05) is 23.7 Å². The molecule has 2 aliphatic heterocycles. The van der Waals surface area contributed by atoms with Crippen LogP contribution in [0.1, 0.15) is 34.5 Å². The number of carbonyl (C=O) groups is 2. The minimum atomic E-state index is -0.896. The molecule has 0 spiro atoms. The van der Waals surface area contributed by atoms with Crippen LogP contribution < -0.4 is 20.9 Å². The quantitative estimate of drug-likeness (QED) is 0.300. The number of methoxy groups -OCH3 is 1. The first-order chi connectivity index (χ1) is 19.8. The first-order valence-electron chi connectivity index (χ1n) is 12.5. The Morgan fingerprint density at radius 2 is 2.15 bits per heavy atom. The van der Waals surface area contributed by atoms with Crippen molar-refractivity contribution in [2.75, 3.05) is 19.0 Å². The van der Waals surface area contributed by atoms with E-state index in [1.165, 1.54) is 42.7 Å². The van der Waals surface area contributed by atoms with Gasteiger partial charge in [0.2, 0.25) is 11.9 Å². The lowest BCUT2D eigenvalue weighted by Crippen LogP contribution is -2.46. The van der Waals surface area contributed by atoms with Crippen LogP contribution in [-0.4, -0.2) is 51.5 Å². The van der Waals surface area contributed by atoms with Gasteiger partial charge in [-0.05, 0) is 36.2 Å². The minimum absolute atomic E-state index is 0.209. The van der Waals surface area contributed by atoms with Gasteiger partial charge in [0.1, 0.15) is 23.9 Å². The van der Waals surface area contributed by atoms with Gasteiger partial charge in [-0.25, -0.2) is 19.8 Å². The second-order valence-corrected chi connectivity index (χ2v) is 9.71. The van der Waals surface area contributed by atoms with E-state index in [2.05, 4.69) is 26.1 Å². The molecule has 2 amide bonds. The number of hydrogen-bond acceptors (Lipinski definition) is 9. The zero-order valence-electron chi connectivity index (χ0n) is 22.0. The van der Waals surface area contributed by atoms with E-state index in [4.69, 9.17) is 21.2 Å². The Bertz CT molecular complexity index is 1560. The minimum Gasteiger partial charge on any atom is -0.497 e. The third kappa shape index (κ3) is 5.93. The Labute approximate surface area is 239 Å². The molecule has 212 valence electrons. The van der Waals surface area contributed by atoms with E-state index in [1.807, 2.05) is 0 Å². The zero-order valence-corrected chi connectivity index (χ0v) is 22.8. The van der Waals surface area contributed by atoms with Crippen molar-refractivity contribution in [1.29, 1.82) is 0 Å². The summed E-state index contributed by atoms with van der Waals surface area (Å²) in [5, 5.41) is 15.9. The molecule has 2 atom stereocenters. The molecule has 3 aromatic rings. The number of anilines is 1. The fourth-order valence-corrected chi connectivity index (χ4v) is 4.68. The van der Waals surface area contributed by atoms with Crippen LogP contribution in [-0.2, 0) is 16.2 Å². The Hall–Kier alpha value is -4.68. The van der Waals surface area contributed by atoms with Crippen molar-refractivity contribution in [1.82, 2.24) is 25.7 Å². The molecule has 4 N–H and O–H groups in total. The summed E-state index contributed by atoms with van der Waals surface area (Å²) < 4.78 is 19.1. The van der Waals surface area contributed by atoms with Crippen LogP contribution in [0, 0.1) is 5.82 Å². The van der Waals surface area contributed by atoms with Gasteiger partial charge in [-0.2, -0.15) is 0 Å². The van der Waals surface area contributed by atoms with Crippen molar-refractivity contribution < 1.29 is 28.7 Å². The van der Waals surface area contributed by atoms with Crippen LogP contribution in [0.25, 0.3) is 11.3 Å². The maximum Gasteiger partial charge on any atom is 0.255 e. The lowest BCUT2D eigenvalue weighted by Gasteiger charge is -2.26. The molecule has 0 unspecified atom stereocenters. The summed E-state index contributed by atoms with van der Waals surface area (Å²) in [5.74, 6) is -0.874. The van der Waals surface area contributed by atoms with Gasteiger partial charge in [-0.3, -0.25) is 9.59 Å². The van der Waals surface area contributed by atoms with Crippen LogP contribution in [0.2, 0.25) is 5.02 Å². The smallest absolute Gasteiger partial charge is 0.255 e. The maximum atomic E-state index is 14.0. The second kappa shape index (κ2) is 11.8. The summed E-state index contributed by atoms with van der Waals surface area (Å²) in [6, 6.07) is 7.43. The van der Waals surface area contributed by atoms with Gasteiger partial charge >= 0.3 is 0 Å². The largest absolute Gasteiger partial charge is 0.497 e. The highest BCUT2D eigenvalue weighted by atomic mass is 35.5. The van der Waals surface area contributed by atoms with E-state index < -0.39 is 30.4 Å². The Balaban J connectivity index is 1.32. The molecule has 0 saturated heterocycles. The molecule has 2 aliphatic rings. The van der Waals surface area contributed by atoms with Crippen LogP contribution in [0.4, 0.5) is 10.3 Å². The summed E-state index contributed by atoms with van der Waals surface area (Å²) in [7, 11) is 1.39. The molecule has 11 nitrogen and oxygen atoms in total. The van der Waals surface area contributed by atoms with E-state index >= 15 is 0 Å². The summed E-state index contributed by atoms with van der Waals surface area (Å²) in [6.07, 6.45) is 6.20. The number of nitrogens with one attached hydrogen (secondary N) is 3. The number of ether oxygens (including phenoxy) is 1. The lowest BCUT2D eigenvalue weighted by atomic mass is 10.0. The van der Waals surface area contributed by atoms with Gasteiger partial charge in [0, 0.05) is 29.8 Å². The number of carbonyl (C=O) groups excluding carboxylic acids is 2. The SMILES string of the molecule is COc1cc(F)cc([C@@H](CO)NC(=O)[C@@H](C)N2Cc3ccc(-c4nc(NC5=CNOC=C5)ncc4Cl)cc3C2=O)c1. The average molecular weight is 581 g/mol. The monoisotopic (exact) mass is 580 g/mol. The van der Waals surface area contributed by atoms with Gasteiger partial charge in [0.15, 0.2) is 0 Å². The normalized spacial score (nSPS) is 15.3. The molecule has 0 aliphatic carbocycles. The standard InChI is InChI=1S/C28H26ClFN6O5/c1-15(26(38)34-24(14-37)18-7-19(30)10-21(8-18)40-2)36-13-17-4-3-16(9-22(17)27(36)39)25-23(29)12-31-28(35-25)33-20-5-6-41-32-11-20/h3-12,15,24,32,37H,13-14H2,1-2H3,(H,34,38)(H,31,33,35)/t15-,24-/m1/s1. The van der Waals surface area contributed by atoms with E-state index in [0.29, 0.717) is 33.1 Å². The maximum absolute atomic E-state index is 14.0. The Morgan fingerprint density at radius 1 is 1.32 bits per heavy atom. The van der Waals surface area contributed by atoms with E-state index in [1.54, 1.807) is 37.4 Å². The molecule has 5 rings (SSSR count). The predicted octanol–water partition coefficient (Wildman–Crippen LogP) is 3.44. The zero-order chi connectivity index (χ0) is 29.1. The number of aliphatic hydroxyl groups is 1. The van der Waals surface area contributed by atoms with E-state index in [-0.39, 0.29) is 24.1 Å². The van der Waals surface area contributed by atoms with Crippen molar-refractivity contribution in [2.24, 2.45) is 0 Å². The van der Waals surface area contributed by atoms with Gasteiger partial charge < -0.3 is 30.2 Å². The fourth-order valence-electron chi connectivity index (χ4n) is 4.48. The van der Waals surface area contributed by atoms with Crippen LogP contribution >= 0.6 is 11.6 Å². The highest BCUT2D eigenvalue weighted by Crippen LogP contribution is 2.32. The molecule has 3 heterocycles. The number of halogens is 2. The highest BCUT2D eigenvalue weighted by Gasteiger charge is 2.35. The number of hydroxylamine groups is 1. The molecular formula is C28H26ClFN6O5. The summed E-state index contributed by atoms with van der Waals surface area (Å²) in [5.41, 5.74) is 5.77. The number of nitrogens with zero attached hydrogens (tertiary/aromatic N) is 3. The first kappa shape index (κ1) is 27.9. The fraction of sp³-hybridized carbons (Fsp3) is 0.214. The molecule has 41 heavy (non-hydrogen) atoms. The molecule has 1 aromatic heterocycles. The van der Waals surface area contributed by atoms with Crippen LogP contribution in [0.15, 0.2) is 66.8 Å². The number of hydrogen-bond donors (Lipinski definition) is 4. The second-order valence-electron chi connectivity index (χ2n) is 9.30. The van der Waals surface area contributed by atoms with Crippen molar-refractivity contribution in [3.63, 3.8) is 0 Å². The Morgan fingerprint density at radius 3 is 2.88 bits per heavy atom. The molecule has 2 aromatic carbocycles. The van der Waals surface area contributed by atoms with Crippen LogP contribution in [0.3, 0.4) is 0 Å². The number of aliphatic hydroxyl groups excluding tert-OH is 1. The third-order valence-corrected chi connectivity index (χ3v) is 6.97. The number of benzene rings is 2. The van der Waals surface area contributed by atoms with Crippen molar-refractivity contribution >= 4 is 29.4 Å². The van der Waals surface area contributed by atoms with Crippen molar-refractivity contribution in [2.45, 2.75) is 25.6 Å². The topological polar surface area (TPSA) is 138 Å². The molecule has 0 fully saturated rings. The molecular weight excluding hydrogens is 555 g/mol. The van der Waals surface area contributed by atoms with Gasteiger partial charge in [0.05, 0.1) is 48.6 Å². The predicted molar refractivity (Wildman–Crippen MR) is 148 cm³/mol. The van der Waals surface area contributed by atoms with E-state index in [9.17, 15) is 19.1 Å². The van der Waals surface area contributed by atoms with Gasteiger partial charge in [-0.15, -0.1) is 0 Å². The molecule has 0 radical (unpaired) electrons. The van der Waals surface area contributed by atoms with E-state index in [0.717, 1.165) is 5.56 Å². The summed E-state index contributed by atoms with van der Waals surface area (Å²) in [6.45, 7) is 1.33. The van der Waals surface area contributed by atoms with Crippen molar-refractivity contribution in [3.8, 4) is 17.0 Å². The molecule has 0 saturated carbocycles. The number of rotatable bonds is 9. The highest BCUT2D eigenvalue weighted by molar-refractivity contribution is 6.33. The number of aromatic nitrogens is 2. The summed E-state index contributed by atoms with van der Waals surface area (Å²) >= 11 is 6.41. The third-order valence-electron chi connectivity index (χ3n) is 6.69. The number of allylic oxidation sites excluding steroid dienone is 1. The average Bonchev–Trinajstić information content (AvgIpc) is 3.31. The van der Waals surface area contributed by atoms with Gasteiger partial charge in [0.25, 0.3) is 5.91 Å². The molecule has 0 bridgehead atoms. The number of fused-ring (bicyclic) bond motifs is 1. The first-order valence-corrected chi connectivity index (χ1v) is 12.9.